The number of hydrogen-bond acceptors (Lipinski definition) is 2. The van der Waals surface area contributed by atoms with E-state index < -0.39 is 17.9 Å². The Kier molecular flexibility index (Phi) is 5.82. The van der Waals surface area contributed by atoms with E-state index >= 15 is 0 Å². The van der Waals surface area contributed by atoms with Crippen molar-refractivity contribution in [3.8, 4) is 0 Å². The fourth-order valence-corrected chi connectivity index (χ4v) is 2.20. The maximum atomic E-state index is 12.1. The normalized spacial score (nSPS) is 12.3. The van der Waals surface area contributed by atoms with Gasteiger partial charge in [0.2, 0.25) is 0 Å². The Labute approximate surface area is 125 Å². The minimum absolute atomic E-state index is 0.171. The van der Waals surface area contributed by atoms with Crippen molar-refractivity contribution in [3.05, 3.63) is 33.3 Å². The molecule has 1 rings (SSSR count). The van der Waals surface area contributed by atoms with Crippen LogP contribution in [0.2, 0.25) is 5.02 Å². The van der Waals surface area contributed by atoms with Crippen molar-refractivity contribution in [1.82, 2.24) is 5.32 Å². The van der Waals surface area contributed by atoms with E-state index in [0.717, 1.165) is 0 Å². The van der Waals surface area contributed by atoms with Crippen LogP contribution in [0.15, 0.2) is 22.7 Å². The Morgan fingerprint density at radius 1 is 1.42 bits per heavy atom. The van der Waals surface area contributed by atoms with Crippen LogP contribution in [-0.4, -0.2) is 23.0 Å². The van der Waals surface area contributed by atoms with Gasteiger partial charge in [0.25, 0.3) is 5.91 Å². The summed E-state index contributed by atoms with van der Waals surface area (Å²) in [6.45, 7) is 3.80. The van der Waals surface area contributed by atoms with Crippen molar-refractivity contribution in [1.29, 1.82) is 0 Å². The van der Waals surface area contributed by atoms with Gasteiger partial charge in [-0.3, -0.25) is 4.79 Å². The van der Waals surface area contributed by atoms with E-state index in [4.69, 9.17) is 16.7 Å². The zero-order valence-electron chi connectivity index (χ0n) is 10.6. The number of benzene rings is 1. The molecule has 6 heteroatoms. The first-order valence-electron chi connectivity index (χ1n) is 5.80. The molecular weight excluding hydrogens is 334 g/mol. The van der Waals surface area contributed by atoms with Crippen molar-refractivity contribution in [2.45, 2.75) is 26.3 Å². The molecule has 1 aromatic rings. The summed E-state index contributed by atoms with van der Waals surface area (Å²) < 4.78 is 0.572. The third kappa shape index (κ3) is 4.84. The summed E-state index contributed by atoms with van der Waals surface area (Å²) in [6, 6.07) is 3.88. The first-order chi connectivity index (χ1) is 8.81. The molecule has 0 radical (unpaired) electrons. The molecule has 0 bridgehead atoms. The van der Waals surface area contributed by atoms with Crippen LogP contribution in [0, 0.1) is 5.92 Å². The number of amides is 1. The number of carboxylic acid groups (broad SMARTS) is 1. The summed E-state index contributed by atoms with van der Waals surface area (Å²) in [5.41, 5.74) is 0.322. The van der Waals surface area contributed by atoms with Gasteiger partial charge in [0.15, 0.2) is 0 Å². The summed E-state index contributed by atoms with van der Waals surface area (Å²) in [6.07, 6.45) is 0.374. The third-order valence-corrected chi connectivity index (χ3v) is 3.41. The second-order valence-electron chi connectivity index (χ2n) is 4.62. The van der Waals surface area contributed by atoms with Crippen LogP contribution in [0.1, 0.15) is 30.6 Å². The van der Waals surface area contributed by atoms with Gasteiger partial charge in [-0.05, 0) is 46.5 Å². The predicted molar refractivity (Wildman–Crippen MR) is 77.5 cm³/mol. The number of carbonyl (C=O) groups excluding carboxylic acids is 1. The minimum Gasteiger partial charge on any atom is -0.480 e. The molecule has 1 aromatic carbocycles. The van der Waals surface area contributed by atoms with Crippen LogP contribution >= 0.6 is 27.5 Å². The van der Waals surface area contributed by atoms with E-state index in [-0.39, 0.29) is 5.92 Å². The quantitative estimate of drug-likeness (QED) is 0.857. The standard InChI is InChI=1S/C13H15BrClNO3/c1-7(2)5-11(13(18)19)16-12(17)9-6-8(15)3-4-10(9)14/h3-4,6-7,11H,5H2,1-2H3,(H,16,17)(H,18,19)/t11-/m0/s1. The van der Waals surface area contributed by atoms with Crippen LogP contribution in [0.25, 0.3) is 0 Å². The second-order valence-corrected chi connectivity index (χ2v) is 5.91. The molecule has 0 aliphatic carbocycles. The molecule has 1 atom stereocenters. The molecule has 1 amide bonds. The molecule has 104 valence electrons. The van der Waals surface area contributed by atoms with Crippen molar-refractivity contribution in [2.24, 2.45) is 5.92 Å². The van der Waals surface area contributed by atoms with Gasteiger partial charge in [0, 0.05) is 9.50 Å². The molecule has 0 spiro atoms. The summed E-state index contributed by atoms with van der Waals surface area (Å²) in [5, 5.41) is 12.0. The topological polar surface area (TPSA) is 66.4 Å². The van der Waals surface area contributed by atoms with Gasteiger partial charge in [-0.1, -0.05) is 25.4 Å². The number of aliphatic carboxylic acids is 1. The van der Waals surface area contributed by atoms with E-state index in [2.05, 4.69) is 21.2 Å². The Morgan fingerprint density at radius 3 is 2.58 bits per heavy atom. The van der Waals surface area contributed by atoms with Crippen molar-refractivity contribution < 1.29 is 14.7 Å². The van der Waals surface area contributed by atoms with Crippen molar-refractivity contribution in [3.63, 3.8) is 0 Å². The van der Waals surface area contributed by atoms with Gasteiger partial charge in [-0.25, -0.2) is 4.79 Å². The molecule has 4 nitrogen and oxygen atoms in total. The molecule has 0 unspecified atom stereocenters. The zero-order valence-corrected chi connectivity index (χ0v) is 13.0. The van der Waals surface area contributed by atoms with Gasteiger partial charge in [0.1, 0.15) is 6.04 Å². The fourth-order valence-electron chi connectivity index (χ4n) is 1.60. The Bertz CT molecular complexity index is 491. The second kappa shape index (κ2) is 6.91. The minimum atomic E-state index is -1.04. The molecule has 0 fully saturated rings. The number of carboxylic acids is 1. The SMILES string of the molecule is CC(C)C[C@H](NC(=O)c1cc(Cl)ccc1Br)C(=O)O. The lowest BCUT2D eigenvalue weighted by atomic mass is 10.0. The van der Waals surface area contributed by atoms with Gasteiger partial charge in [-0.15, -0.1) is 0 Å². The Morgan fingerprint density at radius 2 is 2.05 bits per heavy atom. The monoisotopic (exact) mass is 347 g/mol. The molecule has 0 heterocycles. The Balaban J connectivity index is 2.87. The van der Waals surface area contributed by atoms with Crippen LogP contribution < -0.4 is 5.32 Å². The number of carbonyl (C=O) groups is 2. The number of nitrogens with one attached hydrogen (secondary N) is 1. The molecule has 0 aliphatic heterocycles. The van der Waals surface area contributed by atoms with E-state index in [1.54, 1.807) is 12.1 Å². The van der Waals surface area contributed by atoms with Crippen molar-refractivity contribution >= 4 is 39.4 Å². The number of halogens is 2. The van der Waals surface area contributed by atoms with Gasteiger partial charge in [-0.2, -0.15) is 0 Å². The van der Waals surface area contributed by atoms with Gasteiger partial charge in [0.05, 0.1) is 5.56 Å². The average Bonchev–Trinajstić information content (AvgIpc) is 2.30. The Hall–Kier alpha value is -1.07. The highest BCUT2D eigenvalue weighted by molar-refractivity contribution is 9.10. The van der Waals surface area contributed by atoms with E-state index in [9.17, 15) is 9.59 Å². The lowest BCUT2D eigenvalue weighted by Gasteiger charge is -2.17. The first kappa shape index (κ1) is 16.0. The molecule has 19 heavy (non-hydrogen) atoms. The van der Waals surface area contributed by atoms with Crippen molar-refractivity contribution in [2.75, 3.05) is 0 Å². The molecular formula is C13H15BrClNO3. The zero-order chi connectivity index (χ0) is 14.6. The highest BCUT2D eigenvalue weighted by atomic mass is 79.9. The molecule has 0 saturated heterocycles. The van der Waals surface area contributed by atoms with Crippen LogP contribution in [0.4, 0.5) is 0 Å². The summed E-state index contributed by atoms with van der Waals surface area (Å²) in [7, 11) is 0. The molecule has 0 aliphatic rings. The highest BCUT2D eigenvalue weighted by Gasteiger charge is 2.22. The summed E-state index contributed by atoms with van der Waals surface area (Å²) >= 11 is 9.07. The van der Waals surface area contributed by atoms with Crippen LogP contribution in [0.5, 0.6) is 0 Å². The predicted octanol–water partition coefficient (Wildman–Crippen LogP) is 3.33. The largest absolute Gasteiger partial charge is 0.480 e. The molecule has 2 N–H and O–H groups in total. The maximum Gasteiger partial charge on any atom is 0.326 e. The highest BCUT2D eigenvalue weighted by Crippen LogP contribution is 2.21. The smallest absolute Gasteiger partial charge is 0.326 e. The average molecular weight is 349 g/mol. The maximum absolute atomic E-state index is 12.1. The number of rotatable bonds is 5. The van der Waals surface area contributed by atoms with Crippen LogP contribution in [-0.2, 0) is 4.79 Å². The lowest BCUT2D eigenvalue weighted by Crippen LogP contribution is -2.41. The first-order valence-corrected chi connectivity index (χ1v) is 6.97. The van der Waals surface area contributed by atoms with Crippen LogP contribution in [0.3, 0.4) is 0 Å². The lowest BCUT2D eigenvalue weighted by molar-refractivity contribution is -0.139. The van der Waals surface area contributed by atoms with E-state index in [1.165, 1.54) is 6.07 Å². The fraction of sp³-hybridized carbons (Fsp3) is 0.385. The molecule has 0 saturated carbocycles. The molecule has 0 aromatic heterocycles. The van der Waals surface area contributed by atoms with Gasteiger partial charge < -0.3 is 10.4 Å². The van der Waals surface area contributed by atoms with Gasteiger partial charge >= 0.3 is 5.97 Å². The van der Waals surface area contributed by atoms with E-state index in [1.807, 2.05) is 13.8 Å². The summed E-state index contributed by atoms with van der Waals surface area (Å²) in [4.78, 5) is 23.2. The third-order valence-electron chi connectivity index (χ3n) is 2.48. The summed E-state index contributed by atoms with van der Waals surface area (Å²) in [5.74, 6) is -1.33. The van der Waals surface area contributed by atoms with E-state index in [0.29, 0.717) is 21.5 Å². The number of hydrogen-bond donors (Lipinski definition) is 2.